The summed E-state index contributed by atoms with van der Waals surface area (Å²) >= 11 is 0. The molecule has 10 heteroatoms. The summed E-state index contributed by atoms with van der Waals surface area (Å²) in [7, 11) is 4.59. The van der Waals surface area contributed by atoms with E-state index >= 15 is 0 Å². The average Bonchev–Trinajstić information content (AvgIpc) is 2.87. The number of H-pyrrole nitrogens is 1. The fourth-order valence-electron chi connectivity index (χ4n) is 4.24. The molecule has 4 rings (SSSR count). The second kappa shape index (κ2) is 9.90. The summed E-state index contributed by atoms with van der Waals surface area (Å²) in [5.41, 5.74) is 0.299. The van der Waals surface area contributed by atoms with Crippen LogP contribution in [-0.2, 0) is 11.3 Å². The lowest BCUT2D eigenvalue weighted by Gasteiger charge is -2.36. The maximum Gasteiger partial charge on any atom is 0.328 e. The first-order chi connectivity index (χ1) is 16.5. The Morgan fingerprint density at radius 3 is 2.24 bits per heavy atom. The highest BCUT2D eigenvalue weighted by atomic mass is 16.5. The molecular formula is C24H28N4O6. The van der Waals surface area contributed by atoms with Crippen LogP contribution >= 0.6 is 0 Å². The molecule has 2 aromatic carbocycles. The van der Waals surface area contributed by atoms with Crippen LogP contribution in [0.5, 0.6) is 17.2 Å². The third-order valence-electron chi connectivity index (χ3n) is 6.09. The van der Waals surface area contributed by atoms with E-state index in [9.17, 15) is 14.4 Å². The molecule has 180 valence electrons. The normalized spacial score (nSPS) is 13.7. The van der Waals surface area contributed by atoms with Gasteiger partial charge in [-0.25, -0.2) is 4.79 Å². The van der Waals surface area contributed by atoms with Gasteiger partial charge in [0.2, 0.25) is 5.91 Å². The van der Waals surface area contributed by atoms with Crippen LogP contribution in [0.3, 0.4) is 0 Å². The van der Waals surface area contributed by atoms with Crippen molar-refractivity contribution in [2.75, 3.05) is 52.4 Å². The molecule has 34 heavy (non-hydrogen) atoms. The van der Waals surface area contributed by atoms with Crippen molar-refractivity contribution in [2.45, 2.75) is 13.0 Å². The quantitative estimate of drug-likeness (QED) is 0.560. The third kappa shape index (κ3) is 4.43. The predicted molar refractivity (Wildman–Crippen MR) is 128 cm³/mol. The highest BCUT2D eigenvalue weighted by Crippen LogP contribution is 2.30. The average molecular weight is 469 g/mol. The molecule has 0 bridgehead atoms. The van der Waals surface area contributed by atoms with E-state index in [4.69, 9.17) is 14.2 Å². The number of carbonyl (C=O) groups excluding carboxylic acids is 1. The molecule has 1 aliphatic heterocycles. The van der Waals surface area contributed by atoms with Crippen LogP contribution in [0.2, 0.25) is 0 Å². The van der Waals surface area contributed by atoms with E-state index in [2.05, 4.69) is 9.88 Å². The van der Waals surface area contributed by atoms with Gasteiger partial charge >= 0.3 is 5.69 Å². The Morgan fingerprint density at radius 1 is 0.912 bits per heavy atom. The van der Waals surface area contributed by atoms with Gasteiger partial charge in [-0.05, 0) is 18.2 Å². The molecule has 1 aliphatic rings. The standard InChI is InChI=1S/C24H28N4O6/c1-32-19-7-5-4-6-18(19)26-10-12-27(13-11-26)22(29)8-9-28-23(30)16-14-20(33-2)21(34-3)15-17(16)25-24(28)31/h4-7,14-15H,8-13H2,1-3H3,(H,25,31). The van der Waals surface area contributed by atoms with Crippen LogP contribution < -0.4 is 30.4 Å². The van der Waals surface area contributed by atoms with Crippen LogP contribution in [0.4, 0.5) is 5.69 Å². The van der Waals surface area contributed by atoms with E-state index < -0.39 is 11.2 Å². The van der Waals surface area contributed by atoms with Gasteiger partial charge in [-0.2, -0.15) is 0 Å². The minimum atomic E-state index is -0.571. The molecule has 3 aromatic rings. The van der Waals surface area contributed by atoms with Crippen LogP contribution in [0, 0.1) is 0 Å². The number of nitrogens with one attached hydrogen (secondary N) is 1. The zero-order valence-electron chi connectivity index (χ0n) is 19.5. The van der Waals surface area contributed by atoms with E-state index in [1.807, 2.05) is 24.3 Å². The van der Waals surface area contributed by atoms with Gasteiger partial charge in [0.15, 0.2) is 11.5 Å². The number of aromatic nitrogens is 2. The number of benzene rings is 2. The van der Waals surface area contributed by atoms with E-state index in [-0.39, 0.29) is 24.3 Å². The molecule has 1 fully saturated rings. The number of ether oxygens (including phenoxy) is 3. The molecule has 1 N–H and O–H groups in total. The monoisotopic (exact) mass is 468 g/mol. The molecule has 2 heterocycles. The number of methoxy groups -OCH3 is 3. The van der Waals surface area contributed by atoms with Gasteiger partial charge in [-0.1, -0.05) is 12.1 Å². The van der Waals surface area contributed by atoms with Crippen molar-refractivity contribution in [1.82, 2.24) is 14.5 Å². The van der Waals surface area contributed by atoms with E-state index in [1.54, 1.807) is 18.1 Å². The lowest BCUT2D eigenvalue weighted by molar-refractivity contribution is -0.131. The number of hydrogen-bond donors (Lipinski definition) is 1. The molecule has 0 radical (unpaired) electrons. The smallest absolute Gasteiger partial charge is 0.328 e. The fourth-order valence-corrected chi connectivity index (χ4v) is 4.24. The number of anilines is 1. The summed E-state index contributed by atoms with van der Waals surface area (Å²) in [4.78, 5) is 45.0. The molecular weight excluding hydrogens is 440 g/mol. The molecule has 0 unspecified atom stereocenters. The van der Waals surface area contributed by atoms with Gasteiger partial charge in [-0.15, -0.1) is 0 Å². The van der Waals surface area contributed by atoms with E-state index in [0.29, 0.717) is 43.2 Å². The zero-order valence-corrected chi connectivity index (χ0v) is 19.5. The minimum absolute atomic E-state index is 0.00991. The summed E-state index contributed by atoms with van der Waals surface area (Å²) in [6, 6.07) is 10.9. The van der Waals surface area contributed by atoms with Crippen molar-refractivity contribution in [3.05, 3.63) is 57.2 Å². The van der Waals surface area contributed by atoms with Crippen molar-refractivity contribution >= 4 is 22.5 Å². The molecule has 1 aromatic heterocycles. The maximum absolute atomic E-state index is 13.0. The predicted octanol–water partition coefficient (Wildman–Crippen LogP) is 1.45. The van der Waals surface area contributed by atoms with Crippen LogP contribution in [-0.4, -0.2) is 67.9 Å². The summed E-state index contributed by atoms with van der Waals surface area (Å²) in [6.07, 6.45) is 0.0520. The van der Waals surface area contributed by atoms with Crippen LogP contribution in [0.1, 0.15) is 6.42 Å². The Hall–Kier alpha value is -3.95. The van der Waals surface area contributed by atoms with Gasteiger partial charge < -0.3 is 29.0 Å². The molecule has 1 saturated heterocycles. The highest BCUT2D eigenvalue weighted by Gasteiger charge is 2.23. The summed E-state index contributed by atoms with van der Waals surface area (Å²) in [6.45, 7) is 2.44. The third-order valence-corrected chi connectivity index (χ3v) is 6.09. The van der Waals surface area contributed by atoms with Crippen molar-refractivity contribution in [3.63, 3.8) is 0 Å². The van der Waals surface area contributed by atoms with Gasteiger partial charge in [0, 0.05) is 45.2 Å². The van der Waals surface area contributed by atoms with Crippen LogP contribution in [0.15, 0.2) is 46.0 Å². The number of carbonyl (C=O) groups is 1. The number of amides is 1. The first kappa shape index (κ1) is 23.2. The lowest BCUT2D eigenvalue weighted by atomic mass is 10.2. The number of hydrogen-bond acceptors (Lipinski definition) is 7. The summed E-state index contributed by atoms with van der Waals surface area (Å²) in [5, 5.41) is 0.287. The molecule has 0 spiro atoms. The van der Waals surface area contributed by atoms with E-state index in [0.717, 1.165) is 16.0 Å². The van der Waals surface area contributed by atoms with Gasteiger partial charge in [-0.3, -0.25) is 14.2 Å². The fraction of sp³-hybridized carbons (Fsp3) is 0.375. The van der Waals surface area contributed by atoms with Crippen LogP contribution in [0.25, 0.3) is 10.9 Å². The second-order valence-corrected chi connectivity index (χ2v) is 7.93. The highest BCUT2D eigenvalue weighted by molar-refractivity contribution is 5.82. The largest absolute Gasteiger partial charge is 0.495 e. The van der Waals surface area contributed by atoms with Crippen molar-refractivity contribution in [3.8, 4) is 17.2 Å². The Morgan fingerprint density at radius 2 is 1.56 bits per heavy atom. The summed E-state index contributed by atoms with van der Waals surface area (Å²) in [5.74, 6) is 1.49. The zero-order chi connectivity index (χ0) is 24.2. The maximum atomic E-state index is 13.0. The number of fused-ring (bicyclic) bond motifs is 1. The number of rotatable bonds is 7. The van der Waals surface area contributed by atoms with Crippen molar-refractivity contribution in [1.29, 1.82) is 0 Å². The molecule has 0 saturated carbocycles. The van der Waals surface area contributed by atoms with E-state index in [1.165, 1.54) is 20.3 Å². The minimum Gasteiger partial charge on any atom is -0.495 e. The number of aromatic amines is 1. The topological polar surface area (TPSA) is 106 Å². The first-order valence-corrected chi connectivity index (χ1v) is 11.0. The lowest BCUT2D eigenvalue weighted by Crippen LogP contribution is -2.49. The molecule has 1 amide bonds. The Balaban J connectivity index is 1.44. The molecule has 0 atom stereocenters. The SMILES string of the molecule is COc1cc2[nH]c(=O)n(CCC(=O)N3CCN(c4ccccc4OC)CC3)c(=O)c2cc1OC. The Labute approximate surface area is 196 Å². The second-order valence-electron chi connectivity index (χ2n) is 7.93. The summed E-state index contributed by atoms with van der Waals surface area (Å²) < 4.78 is 17.0. The van der Waals surface area contributed by atoms with Gasteiger partial charge in [0.25, 0.3) is 5.56 Å². The number of piperazine rings is 1. The Kier molecular flexibility index (Phi) is 6.76. The Bertz CT molecular complexity index is 1310. The van der Waals surface area contributed by atoms with Gasteiger partial charge in [0.1, 0.15) is 5.75 Å². The molecule has 0 aliphatic carbocycles. The molecule has 10 nitrogen and oxygen atoms in total. The number of para-hydroxylation sites is 2. The van der Waals surface area contributed by atoms with Gasteiger partial charge in [0.05, 0.1) is 37.9 Å². The first-order valence-electron chi connectivity index (χ1n) is 11.0. The van der Waals surface area contributed by atoms with Crippen molar-refractivity contribution in [2.24, 2.45) is 0 Å². The van der Waals surface area contributed by atoms with Crippen molar-refractivity contribution < 1.29 is 19.0 Å². The number of nitrogens with zero attached hydrogens (tertiary/aromatic N) is 3.